The number of nitrogens with zero attached hydrogens (tertiary/aromatic N) is 5. The Kier molecular flexibility index (Phi) is 13.1. The number of anilines is 1. The summed E-state index contributed by atoms with van der Waals surface area (Å²) in [6.45, 7) is 10.0. The number of amides is 1. The first-order chi connectivity index (χ1) is 25.3. The van der Waals surface area contributed by atoms with E-state index in [2.05, 4.69) is 15.2 Å². The molecule has 4 rings (SSSR count). The van der Waals surface area contributed by atoms with Crippen molar-refractivity contribution in [3.63, 3.8) is 0 Å². The summed E-state index contributed by atoms with van der Waals surface area (Å²) in [4.78, 5) is 57.0. The molecule has 0 radical (unpaired) electrons. The minimum Gasteiger partial charge on any atom is -0.462 e. The first kappa shape index (κ1) is 41.7. The molecule has 0 spiro atoms. The minimum absolute atomic E-state index is 0.0368. The molecule has 18 nitrogen and oxygen atoms in total. The Morgan fingerprint density at radius 2 is 1.63 bits per heavy atom. The van der Waals surface area contributed by atoms with Gasteiger partial charge in [0.2, 0.25) is 5.60 Å². The highest BCUT2D eigenvalue weighted by Crippen LogP contribution is 2.50. The van der Waals surface area contributed by atoms with E-state index in [1.54, 1.807) is 67.8 Å². The molecule has 0 aliphatic carbocycles. The number of nitriles is 1. The molecule has 3 N–H and O–H groups in total. The number of nitrogen functional groups attached to an aromatic ring is 1. The normalized spacial score (nSPS) is 21.4. The zero-order valence-corrected chi connectivity index (χ0v) is 32.4. The lowest BCUT2D eigenvalue weighted by Crippen LogP contribution is -2.50. The van der Waals surface area contributed by atoms with Crippen LogP contribution in [0.1, 0.15) is 70.6 Å². The number of carbonyl (C=O) groups excluding carboxylic acids is 4. The SMILES string of the molecule is CC(C)OC(=O)[C@H](C)N[P@@](=O)(OC[C@@]1(C#N)O[C@@H](c2ccc3c(N)ncnn23)[C@H](OC(=O)C(C)C)[C@@H]1OC(=O)C(C)C)Oc1ccc(C(=O)N(C)C)cc1. The third kappa shape index (κ3) is 9.34. The van der Waals surface area contributed by atoms with Gasteiger partial charge in [-0.25, -0.2) is 14.1 Å². The summed E-state index contributed by atoms with van der Waals surface area (Å²) < 4.78 is 51.1. The molecule has 2 aromatic heterocycles. The molecule has 0 bridgehead atoms. The summed E-state index contributed by atoms with van der Waals surface area (Å²) in [6, 6.07) is 9.51. The van der Waals surface area contributed by atoms with Crippen molar-refractivity contribution in [2.45, 2.75) is 84.5 Å². The molecule has 1 fully saturated rings. The fourth-order valence-electron chi connectivity index (χ4n) is 5.21. The second-order valence-electron chi connectivity index (χ2n) is 13.7. The number of ether oxygens (including phenoxy) is 4. The van der Waals surface area contributed by atoms with Gasteiger partial charge in [-0.3, -0.25) is 23.7 Å². The van der Waals surface area contributed by atoms with E-state index < -0.39 is 80.2 Å². The molecular formula is C35H46N7O11P. The Morgan fingerprint density at radius 1 is 1.00 bits per heavy atom. The summed E-state index contributed by atoms with van der Waals surface area (Å²) in [7, 11) is -1.53. The quantitative estimate of drug-likeness (QED) is 0.127. The van der Waals surface area contributed by atoms with E-state index >= 15 is 0 Å². The maximum absolute atomic E-state index is 14.6. The van der Waals surface area contributed by atoms with Crippen LogP contribution in [0.4, 0.5) is 5.82 Å². The molecule has 1 amide bonds. The molecular weight excluding hydrogens is 725 g/mol. The van der Waals surface area contributed by atoms with Gasteiger partial charge < -0.3 is 34.1 Å². The Balaban J connectivity index is 1.80. The van der Waals surface area contributed by atoms with E-state index in [0.717, 1.165) is 0 Å². The maximum atomic E-state index is 14.6. The highest BCUT2D eigenvalue weighted by atomic mass is 31.2. The van der Waals surface area contributed by atoms with Gasteiger partial charge in [-0.1, -0.05) is 27.7 Å². The van der Waals surface area contributed by atoms with Gasteiger partial charge in [0.05, 0.1) is 23.6 Å². The van der Waals surface area contributed by atoms with Crippen LogP contribution in [0.25, 0.3) is 5.52 Å². The van der Waals surface area contributed by atoms with Crippen molar-refractivity contribution in [2.24, 2.45) is 11.8 Å². The molecule has 0 saturated carbocycles. The molecule has 1 aliphatic heterocycles. The van der Waals surface area contributed by atoms with Gasteiger partial charge >= 0.3 is 25.7 Å². The number of aromatic nitrogens is 3. The van der Waals surface area contributed by atoms with Crippen molar-refractivity contribution < 1.29 is 51.7 Å². The number of nitrogens with one attached hydrogen (secondary N) is 1. The second kappa shape index (κ2) is 16.9. The van der Waals surface area contributed by atoms with Gasteiger partial charge in [0.25, 0.3) is 5.91 Å². The molecule has 3 heterocycles. The third-order valence-corrected chi connectivity index (χ3v) is 9.69. The largest absolute Gasteiger partial charge is 0.462 e. The Bertz CT molecular complexity index is 1940. The summed E-state index contributed by atoms with van der Waals surface area (Å²) in [6.07, 6.45) is -3.77. The van der Waals surface area contributed by atoms with E-state index in [1.807, 2.05) is 6.07 Å². The van der Waals surface area contributed by atoms with Gasteiger partial charge in [-0.2, -0.15) is 15.4 Å². The lowest BCUT2D eigenvalue weighted by atomic mass is 9.95. The zero-order valence-electron chi connectivity index (χ0n) is 31.5. The number of carbonyl (C=O) groups is 4. The van der Waals surface area contributed by atoms with Crippen molar-refractivity contribution in [1.29, 1.82) is 5.26 Å². The van der Waals surface area contributed by atoms with Crippen LogP contribution in [0.2, 0.25) is 0 Å². The number of fused-ring (bicyclic) bond motifs is 1. The zero-order chi connectivity index (χ0) is 40.1. The van der Waals surface area contributed by atoms with Crippen molar-refractivity contribution >= 4 is 42.9 Å². The predicted molar refractivity (Wildman–Crippen MR) is 191 cm³/mol. The first-order valence-electron chi connectivity index (χ1n) is 17.1. The Hall–Kier alpha value is -5.08. The predicted octanol–water partition coefficient (Wildman–Crippen LogP) is 3.62. The number of esters is 3. The molecule has 292 valence electrons. The van der Waals surface area contributed by atoms with Crippen LogP contribution < -0.4 is 15.3 Å². The smallest absolute Gasteiger partial charge is 0.459 e. The average molecular weight is 772 g/mol. The molecule has 1 aliphatic rings. The minimum atomic E-state index is -4.70. The highest BCUT2D eigenvalue weighted by molar-refractivity contribution is 7.52. The standard InChI is InChI=1S/C35H46N7O11P/c1-19(2)32(44)50-28-27(25-14-15-26-30(37)38-18-39-42(25)26)52-35(16-36,29(28)51-33(45)20(3)4)17-48-54(47,40-22(7)34(46)49-21(5)6)53-24-12-10-23(11-13-24)31(43)41(8)9/h10-15,18-22,27-29H,17H2,1-9H3,(H,40,47)(H2,37,38,39)/t22-,27-,28-,29-,35+,54+/m0/s1. The number of benzene rings is 1. The third-order valence-electron chi connectivity index (χ3n) is 8.06. The summed E-state index contributed by atoms with van der Waals surface area (Å²) in [5.41, 5.74) is 4.68. The lowest BCUT2D eigenvalue weighted by molar-refractivity contribution is -0.173. The molecule has 3 aromatic rings. The second-order valence-corrected chi connectivity index (χ2v) is 15.4. The van der Waals surface area contributed by atoms with Crippen LogP contribution in [0.5, 0.6) is 5.75 Å². The fraction of sp³-hybridized carbons (Fsp3) is 0.514. The lowest BCUT2D eigenvalue weighted by Gasteiger charge is -2.31. The monoisotopic (exact) mass is 771 g/mol. The highest BCUT2D eigenvalue weighted by Gasteiger charge is 2.62. The van der Waals surface area contributed by atoms with E-state index in [4.69, 9.17) is 33.7 Å². The van der Waals surface area contributed by atoms with Gasteiger partial charge in [-0.05, 0) is 57.2 Å². The Labute approximate surface area is 312 Å². The van der Waals surface area contributed by atoms with E-state index in [0.29, 0.717) is 11.1 Å². The van der Waals surface area contributed by atoms with Gasteiger partial charge in [0.1, 0.15) is 42.4 Å². The van der Waals surface area contributed by atoms with Crippen LogP contribution in [0.15, 0.2) is 42.7 Å². The van der Waals surface area contributed by atoms with Gasteiger partial charge in [-0.15, -0.1) is 0 Å². The first-order valence-corrected chi connectivity index (χ1v) is 18.7. The molecule has 19 heteroatoms. The summed E-state index contributed by atoms with van der Waals surface area (Å²) in [5, 5.41) is 17.6. The van der Waals surface area contributed by atoms with Crippen LogP contribution in [-0.2, 0) is 42.4 Å². The van der Waals surface area contributed by atoms with Crippen molar-refractivity contribution in [3.05, 3.63) is 54.0 Å². The maximum Gasteiger partial charge on any atom is 0.459 e. The van der Waals surface area contributed by atoms with E-state index in [9.17, 15) is 29.0 Å². The van der Waals surface area contributed by atoms with Crippen LogP contribution >= 0.6 is 7.75 Å². The average Bonchev–Trinajstić information content (AvgIpc) is 3.67. The molecule has 1 saturated heterocycles. The number of hydrogen-bond donors (Lipinski definition) is 2. The topological polar surface area (TPSA) is 236 Å². The van der Waals surface area contributed by atoms with Crippen molar-refractivity contribution in [3.8, 4) is 11.8 Å². The molecule has 0 unspecified atom stereocenters. The number of hydrogen-bond acceptors (Lipinski definition) is 15. The molecule has 6 atom stereocenters. The van der Waals surface area contributed by atoms with Gasteiger partial charge in [0, 0.05) is 19.7 Å². The van der Waals surface area contributed by atoms with E-state index in [-0.39, 0.29) is 23.2 Å². The summed E-state index contributed by atoms with van der Waals surface area (Å²) >= 11 is 0. The number of nitrogens with two attached hydrogens (primary N) is 1. The van der Waals surface area contributed by atoms with E-state index in [1.165, 1.54) is 46.9 Å². The van der Waals surface area contributed by atoms with Crippen molar-refractivity contribution in [1.82, 2.24) is 24.6 Å². The molecule has 54 heavy (non-hydrogen) atoms. The van der Waals surface area contributed by atoms with Crippen LogP contribution in [0, 0.1) is 23.2 Å². The fourth-order valence-corrected chi connectivity index (χ4v) is 6.73. The van der Waals surface area contributed by atoms with Crippen molar-refractivity contribution in [2.75, 3.05) is 26.4 Å². The molecule has 1 aromatic carbocycles. The Morgan fingerprint density at radius 3 is 2.20 bits per heavy atom. The van der Waals surface area contributed by atoms with Gasteiger partial charge in [0.15, 0.2) is 18.0 Å². The van der Waals surface area contributed by atoms with Crippen LogP contribution in [0.3, 0.4) is 0 Å². The number of rotatable bonds is 15. The summed E-state index contributed by atoms with van der Waals surface area (Å²) in [5.74, 6) is -3.82. The van der Waals surface area contributed by atoms with Crippen LogP contribution in [-0.4, -0.2) is 94.0 Å².